The summed E-state index contributed by atoms with van der Waals surface area (Å²) in [4.78, 5) is 11.9. The van der Waals surface area contributed by atoms with Crippen LogP contribution in [0.2, 0.25) is 0 Å². The standard InChI is InChI=1S/C15H20Cl2O/c1-10(7-8-16)5-6-12-11(2)14(18)13(17)9-15(12,3)4/h5-7,13H,8-9H2,1-4H3. The fourth-order valence-corrected chi connectivity index (χ4v) is 3.07. The summed E-state index contributed by atoms with van der Waals surface area (Å²) in [6.07, 6.45) is 6.65. The number of rotatable bonds is 3. The molecule has 1 atom stereocenters. The van der Waals surface area contributed by atoms with Gasteiger partial charge in [0.25, 0.3) is 0 Å². The predicted molar refractivity (Wildman–Crippen MR) is 79.4 cm³/mol. The van der Waals surface area contributed by atoms with Crippen molar-refractivity contribution in [2.24, 2.45) is 5.41 Å². The number of halogens is 2. The molecule has 0 aromatic rings. The smallest absolute Gasteiger partial charge is 0.176 e. The Bertz CT molecular complexity index is 428. The molecule has 3 heteroatoms. The Balaban J connectivity index is 3.11. The maximum Gasteiger partial charge on any atom is 0.176 e. The highest BCUT2D eigenvalue weighted by Gasteiger charge is 2.36. The number of hydrogen-bond donors (Lipinski definition) is 0. The Morgan fingerprint density at radius 3 is 2.67 bits per heavy atom. The summed E-state index contributed by atoms with van der Waals surface area (Å²) in [6, 6.07) is 0. The Labute approximate surface area is 120 Å². The van der Waals surface area contributed by atoms with E-state index < -0.39 is 5.38 Å². The Hall–Kier alpha value is -0.530. The van der Waals surface area contributed by atoms with Crippen molar-refractivity contribution in [3.05, 3.63) is 34.9 Å². The molecule has 1 aliphatic carbocycles. The van der Waals surface area contributed by atoms with E-state index >= 15 is 0 Å². The lowest BCUT2D eigenvalue weighted by Gasteiger charge is -2.34. The van der Waals surface area contributed by atoms with Crippen molar-refractivity contribution >= 4 is 29.0 Å². The van der Waals surface area contributed by atoms with Crippen molar-refractivity contribution in [2.75, 3.05) is 5.88 Å². The van der Waals surface area contributed by atoms with Gasteiger partial charge in [-0.1, -0.05) is 37.6 Å². The second kappa shape index (κ2) is 6.08. The quantitative estimate of drug-likeness (QED) is 0.545. The van der Waals surface area contributed by atoms with Crippen LogP contribution in [0.1, 0.15) is 34.1 Å². The molecule has 0 saturated heterocycles. The topological polar surface area (TPSA) is 17.1 Å². The summed E-state index contributed by atoms with van der Waals surface area (Å²) in [7, 11) is 0. The maximum atomic E-state index is 11.9. The van der Waals surface area contributed by atoms with Crippen molar-refractivity contribution in [3.8, 4) is 0 Å². The Kier molecular flexibility index (Phi) is 5.24. The van der Waals surface area contributed by atoms with E-state index in [9.17, 15) is 4.79 Å². The van der Waals surface area contributed by atoms with Crippen molar-refractivity contribution in [1.82, 2.24) is 0 Å². The van der Waals surface area contributed by atoms with Crippen molar-refractivity contribution < 1.29 is 4.79 Å². The van der Waals surface area contributed by atoms with Gasteiger partial charge in [0.05, 0.1) is 5.38 Å². The van der Waals surface area contributed by atoms with E-state index in [2.05, 4.69) is 13.8 Å². The van der Waals surface area contributed by atoms with Crippen molar-refractivity contribution in [2.45, 2.75) is 39.5 Å². The fraction of sp³-hybridized carbons (Fsp3) is 0.533. The van der Waals surface area contributed by atoms with Gasteiger partial charge in [-0.25, -0.2) is 0 Å². The van der Waals surface area contributed by atoms with Crippen LogP contribution in [-0.2, 0) is 4.79 Å². The van der Waals surface area contributed by atoms with Gasteiger partial charge in [-0.2, -0.15) is 0 Å². The molecule has 18 heavy (non-hydrogen) atoms. The summed E-state index contributed by atoms with van der Waals surface area (Å²) in [5.74, 6) is 0.551. The third-order valence-corrected chi connectivity index (χ3v) is 3.90. The molecule has 0 heterocycles. The number of carbonyl (C=O) groups is 1. The molecular weight excluding hydrogens is 267 g/mol. The lowest BCUT2D eigenvalue weighted by Crippen LogP contribution is -2.32. The van der Waals surface area contributed by atoms with E-state index in [1.54, 1.807) is 0 Å². The van der Waals surface area contributed by atoms with Gasteiger partial charge in [-0.05, 0) is 36.8 Å². The van der Waals surface area contributed by atoms with Gasteiger partial charge in [-0.3, -0.25) is 4.79 Å². The average Bonchev–Trinajstić information content (AvgIpc) is 2.25. The molecule has 1 rings (SSSR count). The van der Waals surface area contributed by atoms with Gasteiger partial charge in [0.15, 0.2) is 5.78 Å². The van der Waals surface area contributed by atoms with Crippen LogP contribution in [0.5, 0.6) is 0 Å². The van der Waals surface area contributed by atoms with Gasteiger partial charge in [0.2, 0.25) is 0 Å². The molecule has 1 unspecified atom stereocenters. The number of ketones is 1. The van der Waals surface area contributed by atoms with Gasteiger partial charge < -0.3 is 0 Å². The molecule has 0 N–H and O–H groups in total. The third-order valence-electron chi connectivity index (χ3n) is 3.39. The van der Waals surface area contributed by atoms with Crippen LogP contribution in [-0.4, -0.2) is 17.0 Å². The maximum absolute atomic E-state index is 11.9. The monoisotopic (exact) mass is 286 g/mol. The molecule has 0 amide bonds. The number of allylic oxidation sites excluding steroid dienone is 6. The fourth-order valence-electron chi connectivity index (χ4n) is 2.28. The molecule has 0 spiro atoms. The lowest BCUT2D eigenvalue weighted by atomic mass is 9.72. The predicted octanol–water partition coefficient (Wildman–Crippen LogP) is 4.65. The van der Waals surface area contributed by atoms with Crippen LogP contribution < -0.4 is 0 Å². The van der Waals surface area contributed by atoms with E-state index in [-0.39, 0.29) is 11.2 Å². The van der Waals surface area contributed by atoms with Crippen molar-refractivity contribution in [3.63, 3.8) is 0 Å². The number of alkyl halides is 2. The minimum atomic E-state index is -0.392. The molecular formula is C15H20Cl2O. The van der Waals surface area contributed by atoms with E-state index in [1.165, 1.54) is 0 Å². The highest BCUT2D eigenvalue weighted by Crippen LogP contribution is 2.41. The summed E-state index contributed by atoms with van der Waals surface area (Å²) in [5.41, 5.74) is 2.89. The zero-order valence-electron chi connectivity index (χ0n) is 11.4. The first kappa shape index (κ1) is 15.5. The highest BCUT2D eigenvalue weighted by atomic mass is 35.5. The number of Topliss-reactive ketones (excluding diaryl/α,β-unsaturated/α-hetero) is 1. The van der Waals surface area contributed by atoms with Crippen molar-refractivity contribution in [1.29, 1.82) is 0 Å². The van der Waals surface area contributed by atoms with E-state index in [0.29, 0.717) is 12.3 Å². The SMILES string of the molecule is CC(C=CC1=C(C)C(=O)C(Cl)CC1(C)C)=CCCl. The van der Waals surface area contributed by atoms with Gasteiger partial charge in [-0.15, -0.1) is 23.2 Å². The lowest BCUT2D eigenvalue weighted by molar-refractivity contribution is -0.116. The van der Waals surface area contributed by atoms with Crippen LogP contribution >= 0.6 is 23.2 Å². The first-order valence-corrected chi connectivity index (χ1v) is 7.07. The number of carbonyl (C=O) groups excluding carboxylic acids is 1. The molecule has 0 aromatic heterocycles. The Morgan fingerprint density at radius 1 is 1.50 bits per heavy atom. The molecule has 100 valence electrons. The zero-order chi connectivity index (χ0) is 13.9. The molecule has 0 radical (unpaired) electrons. The molecule has 0 aliphatic heterocycles. The molecule has 1 nitrogen and oxygen atoms in total. The second-order valence-corrected chi connectivity index (χ2v) is 6.23. The molecule has 1 aliphatic rings. The largest absolute Gasteiger partial charge is 0.293 e. The zero-order valence-corrected chi connectivity index (χ0v) is 12.9. The van der Waals surface area contributed by atoms with Crippen LogP contribution in [0.4, 0.5) is 0 Å². The summed E-state index contributed by atoms with van der Waals surface area (Å²) >= 11 is 11.7. The first-order valence-electron chi connectivity index (χ1n) is 6.10. The summed E-state index contributed by atoms with van der Waals surface area (Å²) in [5, 5.41) is -0.392. The molecule has 0 fully saturated rings. The minimum absolute atomic E-state index is 0.0506. The minimum Gasteiger partial charge on any atom is -0.293 e. The van der Waals surface area contributed by atoms with E-state index in [4.69, 9.17) is 23.2 Å². The third kappa shape index (κ3) is 3.49. The van der Waals surface area contributed by atoms with Gasteiger partial charge >= 0.3 is 0 Å². The van der Waals surface area contributed by atoms with E-state index in [0.717, 1.165) is 16.7 Å². The van der Waals surface area contributed by atoms with Crippen LogP contribution in [0, 0.1) is 5.41 Å². The normalized spacial score (nSPS) is 25.1. The van der Waals surface area contributed by atoms with E-state index in [1.807, 2.05) is 32.1 Å². The molecule has 0 saturated carbocycles. The average molecular weight is 287 g/mol. The first-order chi connectivity index (χ1) is 8.29. The Morgan fingerprint density at radius 2 is 2.11 bits per heavy atom. The highest BCUT2D eigenvalue weighted by molar-refractivity contribution is 6.34. The van der Waals surface area contributed by atoms with Crippen LogP contribution in [0.15, 0.2) is 34.9 Å². The summed E-state index contributed by atoms with van der Waals surface area (Å²) in [6.45, 7) is 8.10. The number of hydrogen-bond acceptors (Lipinski definition) is 1. The van der Waals surface area contributed by atoms with Gasteiger partial charge in [0.1, 0.15) is 0 Å². The molecule has 0 aromatic carbocycles. The second-order valence-electron chi connectivity index (χ2n) is 5.39. The summed E-state index contributed by atoms with van der Waals surface area (Å²) < 4.78 is 0. The van der Waals surface area contributed by atoms with Crippen LogP contribution in [0.3, 0.4) is 0 Å². The van der Waals surface area contributed by atoms with Gasteiger partial charge in [0, 0.05) is 5.88 Å². The molecule has 0 bridgehead atoms. The van der Waals surface area contributed by atoms with Crippen LogP contribution in [0.25, 0.3) is 0 Å².